The Morgan fingerprint density at radius 1 is 0.974 bits per heavy atom. The molecule has 0 atom stereocenters. The highest BCUT2D eigenvalue weighted by atomic mass is 32.2. The van der Waals surface area contributed by atoms with Crippen molar-refractivity contribution < 1.29 is 26.7 Å². The van der Waals surface area contributed by atoms with Crippen LogP contribution in [0, 0.1) is 18.6 Å². The summed E-state index contributed by atoms with van der Waals surface area (Å²) in [5, 5.41) is 2.83. The van der Waals surface area contributed by atoms with Crippen LogP contribution in [-0.4, -0.2) is 20.9 Å². The molecule has 3 rings (SSSR count). The minimum atomic E-state index is -3.57. The number of sulfonamides is 1. The van der Waals surface area contributed by atoms with Gasteiger partial charge in [0.15, 0.2) is 11.6 Å². The van der Waals surface area contributed by atoms with Crippen LogP contribution >= 0.6 is 0 Å². The molecule has 0 aromatic heterocycles. The van der Waals surface area contributed by atoms with E-state index < -0.39 is 27.6 Å². The maximum atomic E-state index is 13.5. The topological polar surface area (TPSA) is 84.5 Å². The lowest BCUT2D eigenvalue weighted by Gasteiger charge is -2.15. The minimum absolute atomic E-state index is 0.0366. The van der Waals surface area contributed by atoms with E-state index in [2.05, 4.69) is 10.0 Å². The zero-order chi connectivity index (χ0) is 27.7. The number of rotatable bonds is 11. The number of nitrogens with one attached hydrogen (secondary N) is 2. The Hall–Kier alpha value is -3.82. The summed E-state index contributed by atoms with van der Waals surface area (Å²) in [4.78, 5) is 13.2. The number of benzene rings is 3. The first-order valence-electron chi connectivity index (χ1n) is 12.0. The van der Waals surface area contributed by atoms with E-state index in [1.165, 1.54) is 18.2 Å². The van der Waals surface area contributed by atoms with Crippen molar-refractivity contribution in [3.05, 3.63) is 118 Å². The number of halogens is 2. The molecule has 0 saturated heterocycles. The maximum absolute atomic E-state index is 13.5. The Balaban J connectivity index is 1.62. The van der Waals surface area contributed by atoms with Crippen molar-refractivity contribution in [3.63, 3.8) is 0 Å². The fraction of sp³-hybridized carbons (Fsp3) is 0.207. The molecule has 0 saturated carbocycles. The smallest absolute Gasteiger partial charge is 0.259 e. The molecule has 0 aliphatic carbocycles. The molecular weight excluding hydrogens is 510 g/mol. The van der Waals surface area contributed by atoms with Crippen LogP contribution in [0.5, 0.6) is 5.75 Å². The van der Waals surface area contributed by atoms with Crippen molar-refractivity contribution in [3.8, 4) is 5.75 Å². The number of allylic oxidation sites excluding steroid dienone is 3. The number of para-hydroxylation sites is 1. The number of aryl methyl sites for hydroxylation is 1. The number of amides is 1. The van der Waals surface area contributed by atoms with E-state index in [1.54, 1.807) is 57.2 Å². The van der Waals surface area contributed by atoms with Crippen molar-refractivity contribution in [2.24, 2.45) is 0 Å². The van der Waals surface area contributed by atoms with Gasteiger partial charge in [0.25, 0.3) is 5.91 Å². The average Bonchev–Trinajstić information content (AvgIpc) is 2.89. The monoisotopic (exact) mass is 540 g/mol. The number of ether oxygens (including phenoxy) is 1. The molecule has 9 heteroatoms. The maximum Gasteiger partial charge on any atom is 0.259 e. The van der Waals surface area contributed by atoms with E-state index in [0.29, 0.717) is 34.5 Å². The highest BCUT2D eigenvalue weighted by Gasteiger charge is 2.16. The van der Waals surface area contributed by atoms with Crippen molar-refractivity contribution in [1.29, 1.82) is 0 Å². The van der Waals surface area contributed by atoms with Crippen LogP contribution in [0.2, 0.25) is 0 Å². The van der Waals surface area contributed by atoms with E-state index in [-0.39, 0.29) is 18.1 Å². The van der Waals surface area contributed by atoms with Crippen molar-refractivity contribution >= 4 is 21.6 Å². The summed E-state index contributed by atoms with van der Waals surface area (Å²) >= 11 is 0. The quantitative estimate of drug-likeness (QED) is 0.290. The highest BCUT2D eigenvalue weighted by molar-refractivity contribution is 7.93. The van der Waals surface area contributed by atoms with Gasteiger partial charge in [0.2, 0.25) is 10.0 Å². The van der Waals surface area contributed by atoms with Crippen molar-refractivity contribution in [1.82, 2.24) is 4.72 Å². The number of hydrogen-bond acceptors (Lipinski definition) is 4. The summed E-state index contributed by atoms with van der Waals surface area (Å²) < 4.78 is 59.8. The van der Waals surface area contributed by atoms with Gasteiger partial charge in [0, 0.05) is 12.2 Å². The Kier molecular flexibility index (Phi) is 9.92. The van der Waals surface area contributed by atoms with Crippen LogP contribution in [-0.2, 0) is 23.1 Å². The van der Waals surface area contributed by atoms with Gasteiger partial charge in [0.1, 0.15) is 12.4 Å². The molecule has 0 radical (unpaired) electrons. The summed E-state index contributed by atoms with van der Waals surface area (Å²) in [6.45, 7) is 5.40. The van der Waals surface area contributed by atoms with E-state index in [4.69, 9.17) is 4.74 Å². The minimum Gasteiger partial charge on any atom is -0.488 e. The fourth-order valence-corrected chi connectivity index (χ4v) is 4.84. The third kappa shape index (κ3) is 7.60. The molecule has 0 heterocycles. The molecule has 0 spiro atoms. The second-order valence-corrected chi connectivity index (χ2v) is 10.2. The second-order valence-electron chi connectivity index (χ2n) is 8.48. The predicted molar refractivity (Wildman–Crippen MR) is 145 cm³/mol. The number of hydrogen-bond donors (Lipinski definition) is 2. The van der Waals surface area contributed by atoms with Gasteiger partial charge >= 0.3 is 0 Å². The van der Waals surface area contributed by atoms with E-state index in [9.17, 15) is 22.0 Å². The van der Waals surface area contributed by atoms with Crippen LogP contribution in [0.25, 0.3) is 0 Å². The van der Waals surface area contributed by atoms with Crippen LogP contribution in [0.4, 0.5) is 14.5 Å². The first-order valence-corrected chi connectivity index (χ1v) is 13.5. The van der Waals surface area contributed by atoms with E-state index in [1.807, 2.05) is 12.1 Å². The molecule has 0 fully saturated rings. The molecule has 0 bridgehead atoms. The molecule has 3 aromatic rings. The molecule has 38 heavy (non-hydrogen) atoms. The lowest BCUT2D eigenvalue weighted by atomic mass is 10.1. The van der Waals surface area contributed by atoms with Gasteiger partial charge in [-0.05, 0) is 80.3 Å². The first kappa shape index (κ1) is 28.7. The van der Waals surface area contributed by atoms with Crippen LogP contribution in [0.15, 0.2) is 83.8 Å². The Labute approximate surface area is 222 Å². The van der Waals surface area contributed by atoms with Gasteiger partial charge in [-0.25, -0.2) is 21.9 Å². The van der Waals surface area contributed by atoms with Crippen molar-refractivity contribution in [2.45, 2.75) is 33.8 Å². The molecular formula is C29H30F2N2O4S. The van der Waals surface area contributed by atoms with Gasteiger partial charge in [-0.1, -0.05) is 42.5 Å². The Morgan fingerprint density at radius 3 is 2.34 bits per heavy atom. The Morgan fingerprint density at radius 2 is 1.68 bits per heavy atom. The standard InChI is InChI=1S/C29H30F2N2O4S/c1-4-7-24(5-2)38(35,36)32-17-16-21-10-13-23(14-11-21)33-29(34)25-9-6-8-20(3)28(25)37-19-22-12-15-26(30)27(31)18-22/h4-15,18,32H,16-17,19H2,1-3H3,(H,33,34)/b7-4-,24-5+. The number of anilines is 1. The Bertz CT molecular complexity index is 1450. The van der Waals surface area contributed by atoms with Crippen LogP contribution < -0.4 is 14.8 Å². The molecule has 2 N–H and O–H groups in total. The van der Waals surface area contributed by atoms with Crippen molar-refractivity contribution in [2.75, 3.05) is 11.9 Å². The molecule has 0 unspecified atom stereocenters. The predicted octanol–water partition coefficient (Wildman–Crippen LogP) is 6.05. The van der Waals surface area contributed by atoms with Crippen LogP contribution in [0.1, 0.15) is 40.9 Å². The summed E-state index contributed by atoms with van der Waals surface area (Å²) in [6.07, 6.45) is 5.21. The molecule has 0 aliphatic rings. The highest BCUT2D eigenvalue weighted by Crippen LogP contribution is 2.26. The van der Waals surface area contributed by atoms with Gasteiger partial charge < -0.3 is 10.1 Å². The summed E-state index contributed by atoms with van der Waals surface area (Å²) in [6, 6.07) is 15.7. The fourth-order valence-electron chi connectivity index (χ4n) is 3.68. The zero-order valence-electron chi connectivity index (χ0n) is 21.4. The zero-order valence-corrected chi connectivity index (χ0v) is 22.2. The lowest BCUT2D eigenvalue weighted by Crippen LogP contribution is -2.26. The van der Waals surface area contributed by atoms with Gasteiger partial charge in [-0.2, -0.15) is 0 Å². The molecule has 0 aliphatic heterocycles. The second kappa shape index (κ2) is 13.1. The third-order valence-corrected chi connectivity index (χ3v) is 7.24. The summed E-state index contributed by atoms with van der Waals surface area (Å²) in [7, 11) is -3.57. The molecule has 1 amide bonds. The molecule has 3 aromatic carbocycles. The normalized spacial score (nSPS) is 12.1. The SMILES string of the molecule is C/C=C\C(=C/C)S(=O)(=O)NCCc1ccc(NC(=O)c2cccc(C)c2OCc2ccc(F)c(F)c2)cc1. The van der Waals surface area contributed by atoms with Crippen LogP contribution in [0.3, 0.4) is 0 Å². The molecule has 6 nitrogen and oxygen atoms in total. The van der Waals surface area contributed by atoms with Gasteiger partial charge in [-0.3, -0.25) is 4.79 Å². The first-order chi connectivity index (χ1) is 18.1. The average molecular weight is 541 g/mol. The van der Waals surface area contributed by atoms with Gasteiger partial charge in [-0.15, -0.1) is 0 Å². The van der Waals surface area contributed by atoms with E-state index in [0.717, 1.165) is 17.7 Å². The lowest BCUT2D eigenvalue weighted by molar-refractivity contribution is 0.102. The number of carbonyl (C=O) groups excluding carboxylic acids is 1. The largest absolute Gasteiger partial charge is 0.488 e. The van der Waals surface area contributed by atoms with E-state index >= 15 is 0 Å². The third-order valence-electron chi connectivity index (χ3n) is 5.67. The molecule has 200 valence electrons. The van der Waals surface area contributed by atoms with Gasteiger partial charge in [0.05, 0.1) is 10.5 Å². The number of carbonyl (C=O) groups is 1. The summed E-state index contributed by atoms with van der Waals surface area (Å²) in [5.41, 5.74) is 2.89. The summed E-state index contributed by atoms with van der Waals surface area (Å²) in [5.74, 6) is -1.95.